The summed E-state index contributed by atoms with van der Waals surface area (Å²) in [6, 6.07) is 36.9. The van der Waals surface area contributed by atoms with Crippen LogP contribution >= 0.6 is 8.15 Å². The van der Waals surface area contributed by atoms with E-state index in [0.717, 1.165) is 21.7 Å². The lowest BCUT2D eigenvalue weighted by Gasteiger charge is -2.16. The van der Waals surface area contributed by atoms with E-state index in [1.165, 1.54) is 11.1 Å². The summed E-state index contributed by atoms with van der Waals surface area (Å²) in [5.74, 6) is 0. The van der Waals surface area contributed by atoms with E-state index in [-0.39, 0.29) is 0 Å². The zero-order valence-corrected chi connectivity index (χ0v) is 15.2. The smallest absolute Gasteiger partial charge is 0.0883 e. The third kappa shape index (κ3) is 3.46. The number of hydrogen-bond donors (Lipinski definition) is 1. The summed E-state index contributed by atoms with van der Waals surface area (Å²) < 4.78 is 0. The van der Waals surface area contributed by atoms with Gasteiger partial charge in [0.25, 0.3) is 0 Å². The van der Waals surface area contributed by atoms with Crippen molar-refractivity contribution in [3.8, 4) is 22.3 Å². The van der Waals surface area contributed by atoms with Gasteiger partial charge in [-0.2, -0.15) is 0 Å². The predicted molar refractivity (Wildman–Crippen MR) is 112 cm³/mol. The second-order valence-corrected chi connectivity index (χ2v) is 7.73. The molecule has 0 bridgehead atoms. The average Bonchev–Trinajstić information content (AvgIpc) is 2.75. The lowest BCUT2D eigenvalue weighted by molar-refractivity contribution is 0.645. The first kappa shape index (κ1) is 16.7. The van der Waals surface area contributed by atoms with E-state index in [9.17, 15) is 4.89 Å². The second kappa shape index (κ2) is 7.66. The molecule has 0 fully saturated rings. The van der Waals surface area contributed by atoms with Crippen molar-refractivity contribution in [3.05, 3.63) is 109 Å². The summed E-state index contributed by atoms with van der Waals surface area (Å²) in [5.41, 5.74) is 4.62. The summed E-state index contributed by atoms with van der Waals surface area (Å²) in [7, 11) is -1.37. The normalized spacial score (nSPS) is 11.9. The average molecular weight is 354 g/mol. The summed E-state index contributed by atoms with van der Waals surface area (Å²) in [4.78, 5) is 10.9. The second-order valence-electron chi connectivity index (χ2n) is 6.11. The molecule has 1 atom stereocenters. The van der Waals surface area contributed by atoms with Crippen LogP contribution in [-0.2, 0) is 0 Å². The molecule has 4 aromatic carbocycles. The summed E-state index contributed by atoms with van der Waals surface area (Å²) >= 11 is 0. The van der Waals surface area contributed by atoms with Crippen LogP contribution < -0.4 is 10.6 Å². The first-order valence-corrected chi connectivity index (χ1v) is 9.91. The molecule has 0 spiro atoms. The van der Waals surface area contributed by atoms with Crippen molar-refractivity contribution >= 4 is 18.8 Å². The molecule has 0 aliphatic heterocycles. The van der Waals surface area contributed by atoms with Gasteiger partial charge in [0.05, 0.1) is 8.15 Å². The van der Waals surface area contributed by atoms with Gasteiger partial charge in [-0.1, -0.05) is 109 Å². The highest BCUT2D eigenvalue weighted by molar-refractivity contribution is 7.67. The number of benzene rings is 4. The van der Waals surface area contributed by atoms with Crippen LogP contribution in [0.5, 0.6) is 0 Å². The monoisotopic (exact) mass is 354 g/mol. The summed E-state index contributed by atoms with van der Waals surface area (Å²) in [6.07, 6.45) is 0. The fraction of sp³-hybridized carbons (Fsp3) is 0. The minimum atomic E-state index is -1.37. The first-order chi connectivity index (χ1) is 12.8. The number of hydrogen-bond acceptors (Lipinski definition) is 1. The maximum absolute atomic E-state index is 10.9. The highest BCUT2D eigenvalue weighted by atomic mass is 31.1. The lowest BCUT2D eigenvalue weighted by atomic mass is 10.0. The van der Waals surface area contributed by atoms with Crippen LogP contribution in [0.2, 0.25) is 0 Å². The van der Waals surface area contributed by atoms with Crippen molar-refractivity contribution in [2.24, 2.45) is 0 Å². The molecule has 0 aromatic heterocycles. The fourth-order valence-corrected chi connectivity index (χ4v) is 4.48. The van der Waals surface area contributed by atoms with Crippen molar-refractivity contribution in [2.45, 2.75) is 0 Å². The van der Waals surface area contributed by atoms with E-state index in [1.54, 1.807) is 0 Å². The van der Waals surface area contributed by atoms with Gasteiger partial charge < -0.3 is 4.89 Å². The molecule has 26 heavy (non-hydrogen) atoms. The Morgan fingerprint density at radius 3 is 1.65 bits per heavy atom. The molecular formula is C24H19OP. The van der Waals surface area contributed by atoms with Crippen LogP contribution in [0.25, 0.3) is 22.3 Å². The molecule has 1 unspecified atom stereocenters. The molecular weight excluding hydrogens is 335 g/mol. The Balaban J connectivity index is 1.71. The molecule has 0 aliphatic carbocycles. The van der Waals surface area contributed by atoms with Crippen molar-refractivity contribution < 1.29 is 4.89 Å². The van der Waals surface area contributed by atoms with Crippen molar-refractivity contribution in [1.29, 1.82) is 0 Å². The molecule has 0 saturated carbocycles. The minimum Gasteiger partial charge on any atom is -0.364 e. The molecule has 0 aliphatic rings. The van der Waals surface area contributed by atoms with Gasteiger partial charge in [0.2, 0.25) is 0 Å². The third-order valence-corrected chi connectivity index (χ3v) is 6.07. The zero-order valence-electron chi connectivity index (χ0n) is 14.3. The molecule has 4 rings (SSSR count). The molecule has 0 saturated heterocycles. The van der Waals surface area contributed by atoms with E-state index >= 15 is 0 Å². The van der Waals surface area contributed by atoms with Gasteiger partial charge in [0.15, 0.2) is 0 Å². The molecule has 1 N–H and O–H groups in total. The summed E-state index contributed by atoms with van der Waals surface area (Å²) in [5, 5.41) is 1.96. The molecule has 0 heterocycles. The fourth-order valence-electron chi connectivity index (χ4n) is 3.08. The summed E-state index contributed by atoms with van der Waals surface area (Å²) in [6.45, 7) is 0. The van der Waals surface area contributed by atoms with Gasteiger partial charge >= 0.3 is 0 Å². The molecule has 0 radical (unpaired) electrons. The van der Waals surface area contributed by atoms with Crippen molar-refractivity contribution in [1.82, 2.24) is 0 Å². The molecule has 2 heteroatoms. The molecule has 1 nitrogen and oxygen atoms in total. The number of rotatable bonds is 4. The highest BCUT2D eigenvalue weighted by Gasteiger charge is 2.15. The van der Waals surface area contributed by atoms with E-state index < -0.39 is 8.15 Å². The van der Waals surface area contributed by atoms with Gasteiger partial charge in [-0.25, -0.2) is 0 Å². The van der Waals surface area contributed by atoms with Crippen molar-refractivity contribution in [3.63, 3.8) is 0 Å². The van der Waals surface area contributed by atoms with Gasteiger partial charge in [-0.05, 0) is 22.3 Å². The highest BCUT2D eigenvalue weighted by Crippen LogP contribution is 2.34. The Kier molecular flexibility index (Phi) is 4.93. The van der Waals surface area contributed by atoms with Gasteiger partial charge in [-0.15, -0.1) is 0 Å². The van der Waals surface area contributed by atoms with Crippen molar-refractivity contribution in [2.75, 3.05) is 0 Å². The van der Waals surface area contributed by atoms with Gasteiger partial charge in [0, 0.05) is 10.6 Å². The van der Waals surface area contributed by atoms with Gasteiger partial charge in [0.1, 0.15) is 0 Å². The van der Waals surface area contributed by atoms with Crippen LogP contribution in [0, 0.1) is 0 Å². The SMILES string of the molecule is OP(c1ccccc1)c1ccccc1-c1ccc(-c2ccccc2)cc1. The predicted octanol–water partition coefficient (Wildman–Crippen LogP) is 5.36. The maximum atomic E-state index is 10.9. The van der Waals surface area contributed by atoms with E-state index in [2.05, 4.69) is 54.6 Å². The minimum absolute atomic E-state index is 0.968. The topological polar surface area (TPSA) is 20.2 Å². The third-order valence-electron chi connectivity index (χ3n) is 4.44. The first-order valence-electron chi connectivity index (χ1n) is 8.62. The largest absolute Gasteiger partial charge is 0.364 e. The Hall–Kier alpha value is -2.73. The van der Waals surface area contributed by atoms with Gasteiger partial charge in [-0.3, -0.25) is 0 Å². The van der Waals surface area contributed by atoms with Crippen LogP contribution in [0.3, 0.4) is 0 Å². The van der Waals surface area contributed by atoms with Crippen LogP contribution in [0.15, 0.2) is 109 Å². The van der Waals surface area contributed by atoms with Crippen LogP contribution in [0.4, 0.5) is 0 Å². The van der Waals surface area contributed by atoms with E-state index in [4.69, 9.17) is 0 Å². The Morgan fingerprint density at radius 1 is 0.462 bits per heavy atom. The molecule has 0 amide bonds. The lowest BCUT2D eigenvalue weighted by Crippen LogP contribution is -2.13. The Bertz CT molecular complexity index is 979. The van der Waals surface area contributed by atoms with Crippen LogP contribution in [0.1, 0.15) is 0 Å². The Labute approximate surface area is 155 Å². The Morgan fingerprint density at radius 2 is 0.962 bits per heavy atom. The zero-order chi connectivity index (χ0) is 17.8. The maximum Gasteiger partial charge on any atom is 0.0883 e. The molecule has 4 aromatic rings. The quantitative estimate of drug-likeness (QED) is 0.489. The molecule has 126 valence electrons. The van der Waals surface area contributed by atoms with E-state index in [1.807, 2.05) is 54.6 Å². The van der Waals surface area contributed by atoms with E-state index in [0.29, 0.717) is 0 Å². The van der Waals surface area contributed by atoms with Crippen LogP contribution in [-0.4, -0.2) is 4.89 Å². The standard InChI is InChI=1S/C24H19OP/c25-26(22-11-5-2-6-12-22)24-14-8-7-13-23(24)21-17-15-20(16-18-21)19-9-3-1-4-10-19/h1-18,25H.